The second-order valence-corrected chi connectivity index (χ2v) is 12.7. The number of nitrogens with zero attached hydrogens (tertiary/aromatic N) is 2. The van der Waals surface area contributed by atoms with Crippen molar-refractivity contribution in [2.45, 2.75) is 52.1 Å². The van der Waals surface area contributed by atoms with Gasteiger partial charge < -0.3 is 15.0 Å². The number of nitrogens with one attached hydrogen (secondary N) is 1. The molecule has 0 saturated carbocycles. The molecule has 0 unspecified atom stereocenters. The van der Waals surface area contributed by atoms with Crippen LogP contribution in [0.4, 0.5) is 5.69 Å². The number of hydrogen-bond donors (Lipinski definition) is 1. The third-order valence-corrected chi connectivity index (χ3v) is 8.84. The number of carbonyl (C=O) groups excluding carboxylic acids is 2. The highest BCUT2D eigenvalue weighted by Crippen LogP contribution is 2.27. The molecule has 3 rings (SSSR count). The van der Waals surface area contributed by atoms with Crippen LogP contribution in [0.25, 0.3) is 0 Å². The van der Waals surface area contributed by atoms with Crippen LogP contribution in [-0.2, 0) is 26.2 Å². The van der Waals surface area contributed by atoms with Gasteiger partial charge in [0.15, 0.2) is 0 Å². The summed E-state index contributed by atoms with van der Waals surface area (Å²) < 4.78 is 34.3. The molecule has 1 atom stereocenters. The van der Waals surface area contributed by atoms with E-state index in [-0.39, 0.29) is 23.3 Å². The van der Waals surface area contributed by atoms with Gasteiger partial charge in [-0.2, -0.15) is 0 Å². The molecule has 8 nitrogen and oxygen atoms in total. The molecule has 0 spiro atoms. The van der Waals surface area contributed by atoms with Crippen LogP contribution < -0.4 is 14.4 Å². The topological polar surface area (TPSA) is 96.0 Å². The van der Waals surface area contributed by atoms with Crippen LogP contribution in [0.1, 0.15) is 37.5 Å². The van der Waals surface area contributed by atoms with Crippen LogP contribution in [0.5, 0.6) is 5.75 Å². The van der Waals surface area contributed by atoms with E-state index in [0.717, 1.165) is 21.0 Å². The van der Waals surface area contributed by atoms with Crippen LogP contribution in [0.2, 0.25) is 5.02 Å². The Labute approximate surface area is 248 Å². The van der Waals surface area contributed by atoms with Gasteiger partial charge in [-0.25, -0.2) is 8.42 Å². The summed E-state index contributed by atoms with van der Waals surface area (Å²) in [4.78, 5) is 28.6. The Hall–Kier alpha value is -3.56. The fourth-order valence-corrected chi connectivity index (χ4v) is 5.68. The maximum absolute atomic E-state index is 14.0. The molecular weight excluding hydrogens is 562 g/mol. The van der Waals surface area contributed by atoms with Gasteiger partial charge in [-0.15, -0.1) is 0 Å². The molecule has 0 fully saturated rings. The van der Waals surface area contributed by atoms with Crippen LogP contribution in [0.3, 0.4) is 0 Å². The van der Waals surface area contributed by atoms with E-state index in [0.29, 0.717) is 23.0 Å². The number of halogens is 1. The van der Waals surface area contributed by atoms with Crippen molar-refractivity contribution in [2.75, 3.05) is 24.5 Å². The first-order valence-corrected chi connectivity index (χ1v) is 15.2. The number of hydrogen-bond acceptors (Lipinski definition) is 5. The van der Waals surface area contributed by atoms with Crippen LogP contribution in [0.15, 0.2) is 71.6 Å². The first kappa shape index (κ1) is 32.0. The standard InChI is InChI=1S/C31H38ClN3O5S/c1-21(2)18-33-31(37)24(5)34(19-25-8-7-9-28(17-25)40-6)30(36)20-35(27-13-10-22(3)23(4)16-27)41(38,39)29-14-11-26(32)12-15-29/h7-17,21,24H,18-20H2,1-6H3,(H,33,37)/t24-/m0/s1. The van der Waals surface area contributed by atoms with Crippen molar-refractivity contribution in [2.24, 2.45) is 5.92 Å². The number of sulfonamides is 1. The van der Waals surface area contributed by atoms with E-state index in [1.165, 1.54) is 29.2 Å². The van der Waals surface area contributed by atoms with E-state index >= 15 is 0 Å². The number of ether oxygens (including phenoxy) is 1. The van der Waals surface area contributed by atoms with Crippen molar-refractivity contribution >= 4 is 39.1 Å². The molecule has 0 heterocycles. The van der Waals surface area contributed by atoms with E-state index in [2.05, 4.69) is 5.32 Å². The smallest absolute Gasteiger partial charge is 0.264 e. The molecule has 0 aliphatic rings. The number of aryl methyl sites for hydroxylation is 2. The fourth-order valence-electron chi connectivity index (χ4n) is 4.15. The first-order valence-electron chi connectivity index (χ1n) is 13.4. The van der Waals surface area contributed by atoms with Crippen LogP contribution >= 0.6 is 11.6 Å². The van der Waals surface area contributed by atoms with E-state index in [9.17, 15) is 18.0 Å². The van der Waals surface area contributed by atoms with Gasteiger partial charge in [-0.05, 0) is 91.9 Å². The number of anilines is 1. The average molecular weight is 600 g/mol. The Morgan fingerprint density at radius 3 is 2.24 bits per heavy atom. The fraction of sp³-hybridized carbons (Fsp3) is 0.355. The van der Waals surface area contributed by atoms with Crippen LogP contribution in [-0.4, -0.2) is 51.4 Å². The van der Waals surface area contributed by atoms with Gasteiger partial charge >= 0.3 is 0 Å². The Balaban J connectivity index is 2.05. The minimum atomic E-state index is -4.17. The summed E-state index contributed by atoms with van der Waals surface area (Å²) >= 11 is 6.01. The maximum Gasteiger partial charge on any atom is 0.264 e. The van der Waals surface area contributed by atoms with Gasteiger partial charge in [0.1, 0.15) is 18.3 Å². The molecule has 1 N–H and O–H groups in total. The summed E-state index contributed by atoms with van der Waals surface area (Å²) in [6.45, 7) is 9.42. The highest BCUT2D eigenvalue weighted by molar-refractivity contribution is 7.92. The van der Waals surface area contributed by atoms with Crippen LogP contribution in [0, 0.1) is 19.8 Å². The second-order valence-electron chi connectivity index (χ2n) is 10.4. The van der Waals surface area contributed by atoms with Crippen molar-refractivity contribution in [3.8, 4) is 5.75 Å². The summed E-state index contributed by atoms with van der Waals surface area (Å²) in [5.74, 6) is -0.0311. The summed E-state index contributed by atoms with van der Waals surface area (Å²) in [7, 11) is -2.62. The Bertz CT molecular complexity index is 1480. The summed E-state index contributed by atoms with van der Waals surface area (Å²) in [5, 5.41) is 3.28. The molecule has 10 heteroatoms. The average Bonchev–Trinajstić information content (AvgIpc) is 2.94. The number of amides is 2. The van der Waals surface area contributed by atoms with Gasteiger partial charge in [0.2, 0.25) is 11.8 Å². The van der Waals surface area contributed by atoms with Gasteiger partial charge in [-0.3, -0.25) is 13.9 Å². The van der Waals surface area contributed by atoms with E-state index < -0.39 is 28.5 Å². The summed E-state index contributed by atoms with van der Waals surface area (Å²) in [6, 6.07) is 17.4. The molecule has 2 amide bonds. The van der Waals surface area contributed by atoms with Crippen molar-refractivity contribution < 1.29 is 22.7 Å². The number of rotatable bonds is 12. The highest BCUT2D eigenvalue weighted by Gasteiger charge is 2.32. The lowest BCUT2D eigenvalue weighted by Crippen LogP contribution is -2.51. The molecule has 0 aliphatic heterocycles. The molecule has 0 saturated heterocycles. The summed E-state index contributed by atoms with van der Waals surface area (Å²) in [6.07, 6.45) is 0. The predicted molar refractivity (Wildman–Crippen MR) is 163 cm³/mol. The maximum atomic E-state index is 14.0. The highest BCUT2D eigenvalue weighted by atomic mass is 35.5. The van der Waals surface area contributed by atoms with Gasteiger partial charge in [0.25, 0.3) is 10.0 Å². The zero-order valence-corrected chi connectivity index (χ0v) is 25.9. The normalized spacial score (nSPS) is 12.1. The van der Waals surface area contributed by atoms with E-state index in [1.807, 2.05) is 39.8 Å². The largest absolute Gasteiger partial charge is 0.497 e. The Morgan fingerprint density at radius 2 is 1.63 bits per heavy atom. The van der Waals surface area contributed by atoms with Crippen molar-refractivity contribution in [1.82, 2.24) is 10.2 Å². The van der Waals surface area contributed by atoms with Crippen molar-refractivity contribution in [3.63, 3.8) is 0 Å². The predicted octanol–water partition coefficient (Wildman–Crippen LogP) is 5.35. The van der Waals surface area contributed by atoms with E-state index in [1.54, 1.807) is 44.4 Å². The minimum Gasteiger partial charge on any atom is -0.497 e. The molecule has 0 aliphatic carbocycles. The lowest BCUT2D eigenvalue weighted by molar-refractivity contribution is -0.139. The third-order valence-electron chi connectivity index (χ3n) is 6.80. The minimum absolute atomic E-state index is 0.00463. The molecule has 0 radical (unpaired) electrons. The number of benzene rings is 3. The number of carbonyl (C=O) groups is 2. The molecule has 0 aromatic heterocycles. The molecule has 220 valence electrons. The molecule has 0 bridgehead atoms. The Morgan fingerprint density at radius 1 is 0.951 bits per heavy atom. The van der Waals surface area contributed by atoms with Crippen molar-refractivity contribution in [3.05, 3.63) is 88.4 Å². The van der Waals surface area contributed by atoms with E-state index in [4.69, 9.17) is 16.3 Å². The molecule has 3 aromatic carbocycles. The first-order chi connectivity index (χ1) is 19.3. The van der Waals surface area contributed by atoms with Gasteiger partial charge in [-0.1, -0.05) is 43.6 Å². The molecular formula is C31H38ClN3O5S. The monoisotopic (exact) mass is 599 g/mol. The molecule has 41 heavy (non-hydrogen) atoms. The number of methoxy groups -OCH3 is 1. The van der Waals surface area contributed by atoms with Gasteiger partial charge in [0.05, 0.1) is 17.7 Å². The van der Waals surface area contributed by atoms with Crippen molar-refractivity contribution in [1.29, 1.82) is 0 Å². The second kappa shape index (κ2) is 13.9. The third kappa shape index (κ3) is 8.24. The summed E-state index contributed by atoms with van der Waals surface area (Å²) in [5.41, 5.74) is 2.94. The SMILES string of the molecule is COc1cccc(CN(C(=O)CN(c2ccc(C)c(C)c2)S(=O)(=O)c2ccc(Cl)cc2)[C@@H](C)C(=O)NCC(C)C)c1. The quantitative estimate of drug-likeness (QED) is 0.303. The molecule has 3 aromatic rings. The zero-order valence-electron chi connectivity index (χ0n) is 24.3. The Kier molecular flexibility index (Phi) is 10.8. The van der Waals surface area contributed by atoms with Gasteiger partial charge in [0, 0.05) is 18.1 Å². The zero-order chi connectivity index (χ0) is 30.3. The lowest BCUT2D eigenvalue weighted by Gasteiger charge is -2.32. The lowest BCUT2D eigenvalue weighted by atomic mass is 10.1.